The Morgan fingerprint density at radius 2 is 2.30 bits per heavy atom. The number of nitrogens with one attached hydrogen (secondary N) is 1. The van der Waals surface area contributed by atoms with Crippen LogP contribution in [0.4, 0.5) is 0 Å². The molecule has 0 amide bonds. The summed E-state index contributed by atoms with van der Waals surface area (Å²) in [7, 11) is -1.71. The summed E-state index contributed by atoms with van der Waals surface area (Å²) in [6.07, 6.45) is 0.717. The molecule has 2 heterocycles. The van der Waals surface area contributed by atoms with Crippen molar-refractivity contribution in [2.24, 2.45) is 0 Å². The van der Waals surface area contributed by atoms with Gasteiger partial charge in [0.2, 0.25) is 0 Å². The quantitative estimate of drug-likeness (QED) is 0.812. The van der Waals surface area contributed by atoms with E-state index in [1.54, 1.807) is 11.4 Å². The molecule has 1 aliphatic rings. The molecule has 0 saturated heterocycles. The number of likely N-dealkylation sites (N-methyl/N-ethyl adjacent to an activating group) is 1. The van der Waals surface area contributed by atoms with E-state index >= 15 is 0 Å². The number of aryl methyl sites for hydroxylation is 1. The predicted octanol–water partition coefficient (Wildman–Crippen LogP) is 1.75. The van der Waals surface area contributed by atoms with Crippen LogP contribution in [0, 0.1) is 6.92 Å². The van der Waals surface area contributed by atoms with Gasteiger partial charge in [0.25, 0.3) is 10.0 Å². The van der Waals surface area contributed by atoms with Gasteiger partial charge in [-0.25, -0.2) is 8.42 Å². The Morgan fingerprint density at radius 3 is 2.95 bits per heavy atom. The molecule has 1 unspecified atom stereocenters. The minimum atomic E-state index is -3.34. The minimum Gasteiger partial charge on any atom is -0.385 e. The highest BCUT2D eigenvalue weighted by Gasteiger charge is 2.37. The number of sulfonamides is 1. The summed E-state index contributed by atoms with van der Waals surface area (Å²) in [5.41, 5.74) is 0.928. The SMILES string of the molecule is CCNC1CN(CCCOC)S(=O)(=O)c2sc(C)cc21. The van der Waals surface area contributed by atoms with E-state index in [9.17, 15) is 8.42 Å². The van der Waals surface area contributed by atoms with Gasteiger partial charge in [-0.05, 0) is 26.0 Å². The Morgan fingerprint density at radius 1 is 1.55 bits per heavy atom. The van der Waals surface area contributed by atoms with Gasteiger partial charge in [0, 0.05) is 43.3 Å². The molecule has 0 saturated carbocycles. The van der Waals surface area contributed by atoms with Crippen molar-refractivity contribution in [2.75, 3.05) is 33.4 Å². The molecule has 1 aromatic rings. The number of ether oxygens (including phenoxy) is 1. The Bertz CT molecular complexity index is 554. The van der Waals surface area contributed by atoms with Gasteiger partial charge < -0.3 is 10.1 Å². The first-order valence-corrected chi connectivity index (χ1v) is 9.09. The van der Waals surface area contributed by atoms with Gasteiger partial charge in [-0.1, -0.05) is 6.92 Å². The third-order valence-corrected chi connectivity index (χ3v) is 6.85. The smallest absolute Gasteiger partial charge is 0.252 e. The molecule has 1 atom stereocenters. The number of thiophene rings is 1. The molecule has 0 radical (unpaired) electrons. The fraction of sp³-hybridized carbons (Fsp3) is 0.692. The van der Waals surface area contributed by atoms with Gasteiger partial charge in [-0.3, -0.25) is 0 Å². The second kappa shape index (κ2) is 6.53. The van der Waals surface area contributed by atoms with Gasteiger partial charge >= 0.3 is 0 Å². The summed E-state index contributed by atoms with van der Waals surface area (Å²) in [6, 6.07) is 2.09. The van der Waals surface area contributed by atoms with Gasteiger partial charge in [0.1, 0.15) is 4.21 Å². The van der Waals surface area contributed by atoms with Gasteiger partial charge in [-0.2, -0.15) is 4.31 Å². The molecule has 114 valence electrons. The average molecular weight is 318 g/mol. The number of rotatable bonds is 6. The van der Waals surface area contributed by atoms with Gasteiger partial charge in [0.05, 0.1) is 0 Å². The molecule has 0 fully saturated rings. The molecular formula is C13H22N2O3S2. The Hall–Kier alpha value is -0.470. The van der Waals surface area contributed by atoms with E-state index in [4.69, 9.17) is 4.74 Å². The number of hydrogen-bond acceptors (Lipinski definition) is 5. The van der Waals surface area contributed by atoms with E-state index in [-0.39, 0.29) is 6.04 Å². The summed E-state index contributed by atoms with van der Waals surface area (Å²) in [5.74, 6) is 0. The fourth-order valence-corrected chi connectivity index (χ4v) is 5.87. The van der Waals surface area contributed by atoms with Gasteiger partial charge in [-0.15, -0.1) is 11.3 Å². The van der Waals surface area contributed by atoms with E-state index in [1.165, 1.54) is 11.3 Å². The van der Waals surface area contributed by atoms with Crippen LogP contribution in [0.15, 0.2) is 10.3 Å². The molecule has 0 bridgehead atoms. The first-order chi connectivity index (χ1) is 9.50. The van der Waals surface area contributed by atoms with Crippen molar-refractivity contribution in [3.05, 3.63) is 16.5 Å². The number of methoxy groups -OCH3 is 1. The topological polar surface area (TPSA) is 58.6 Å². The summed E-state index contributed by atoms with van der Waals surface area (Å²) >= 11 is 1.37. The van der Waals surface area contributed by atoms with Crippen molar-refractivity contribution in [1.82, 2.24) is 9.62 Å². The van der Waals surface area contributed by atoms with Crippen LogP contribution >= 0.6 is 11.3 Å². The molecule has 7 heteroatoms. The van der Waals surface area contributed by atoms with E-state index in [2.05, 4.69) is 5.32 Å². The largest absolute Gasteiger partial charge is 0.385 e. The number of nitrogens with zero attached hydrogens (tertiary/aromatic N) is 1. The molecule has 2 rings (SSSR count). The Labute approximate surface area is 125 Å². The molecule has 1 aliphatic heterocycles. The zero-order valence-corrected chi connectivity index (χ0v) is 13.8. The predicted molar refractivity (Wildman–Crippen MR) is 80.7 cm³/mol. The molecular weight excluding hydrogens is 296 g/mol. The van der Waals surface area contributed by atoms with Crippen LogP contribution in [0.1, 0.15) is 29.8 Å². The van der Waals surface area contributed by atoms with Crippen molar-refractivity contribution >= 4 is 21.4 Å². The van der Waals surface area contributed by atoms with Crippen LogP contribution < -0.4 is 5.32 Å². The van der Waals surface area contributed by atoms with Crippen LogP contribution in [-0.4, -0.2) is 46.1 Å². The van der Waals surface area contributed by atoms with E-state index in [0.29, 0.717) is 30.3 Å². The van der Waals surface area contributed by atoms with Crippen molar-refractivity contribution < 1.29 is 13.2 Å². The zero-order chi connectivity index (χ0) is 14.8. The lowest BCUT2D eigenvalue weighted by molar-refractivity contribution is 0.185. The molecule has 0 aromatic carbocycles. The monoisotopic (exact) mass is 318 g/mol. The van der Waals surface area contributed by atoms with E-state index in [1.807, 2.05) is 19.9 Å². The Kier molecular flexibility index (Phi) is 5.19. The fourth-order valence-electron chi connectivity index (χ4n) is 2.49. The lowest BCUT2D eigenvalue weighted by Gasteiger charge is -2.32. The summed E-state index contributed by atoms with van der Waals surface area (Å²) in [6.45, 7) is 6.41. The zero-order valence-electron chi connectivity index (χ0n) is 12.2. The maximum Gasteiger partial charge on any atom is 0.252 e. The molecule has 0 aliphatic carbocycles. The van der Waals surface area contributed by atoms with Crippen molar-refractivity contribution in [1.29, 1.82) is 0 Å². The second-order valence-corrected chi connectivity index (χ2v) is 8.31. The van der Waals surface area contributed by atoms with Crippen LogP contribution in [0.3, 0.4) is 0 Å². The van der Waals surface area contributed by atoms with E-state index in [0.717, 1.165) is 17.0 Å². The number of fused-ring (bicyclic) bond motifs is 1. The molecule has 0 spiro atoms. The third kappa shape index (κ3) is 3.07. The maximum atomic E-state index is 12.6. The maximum absolute atomic E-state index is 12.6. The first-order valence-electron chi connectivity index (χ1n) is 6.83. The summed E-state index contributed by atoms with van der Waals surface area (Å²) < 4.78 is 32.4. The van der Waals surface area contributed by atoms with Crippen molar-refractivity contribution in [3.63, 3.8) is 0 Å². The minimum absolute atomic E-state index is 0.0889. The standard InChI is InChI=1S/C13H22N2O3S2/c1-4-14-12-9-15(6-5-7-18-3)20(16,17)13-11(12)8-10(2)19-13/h8,12,14H,4-7,9H2,1-3H3. The number of hydrogen-bond donors (Lipinski definition) is 1. The second-order valence-electron chi connectivity index (χ2n) is 4.92. The first kappa shape index (κ1) is 15.9. The van der Waals surface area contributed by atoms with E-state index < -0.39 is 10.0 Å². The highest BCUT2D eigenvalue weighted by Crippen LogP contribution is 2.38. The highest BCUT2D eigenvalue weighted by molar-refractivity contribution is 7.91. The van der Waals surface area contributed by atoms with Gasteiger partial charge in [0.15, 0.2) is 0 Å². The van der Waals surface area contributed by atoms with Crippen LogP contribution in [0.5, 0.6) is 0 Å². The molecule has 5 nitrogen and oxygen atoms in total. The van der Waals surface area contributed by atoms with Crippen LogP contribution in [0.2, 0.25) is 0 Å². The molecule has 20 heavy (non-hydrogen) atoms. The lowest BCUT2D eigenvalue weighted by Crippen LogP contribution is -2.43. The van der Waals surface area contributed by atoms with Crippen molar-refractivity contribution in [2.45, 2.75) is 30.5 Å². The Balaban J connectivity index is 2.30. The normalized spacial score (nSPS) is 21.9. The summed E-state index contributed by atoms with van der Waals surface area (Å²) in [5, 5.41) is 3.38. The average Bonchev–Trinajstić information content (AvgIpc) is 2.78. The highest BCUT2D eigenvalue weighted by atomic mass is 32.2. The molecule has 1 aromatic heterocycles. The summed E-state index contributed by atoms with van der Waals surface area (Å²) in [4.78, 5) is 1.04. The van der Waals surface area contributed by atoms with Crippen LogP contribution in [-0.2, 0) is 14.8 Å². The van der Waals surface area contributed by atoms with Crippen molar-refractivity contribution in [3.8, 4) is 0 Å². The van der Waals surface area contributed by atoms with Crippen LogP contribution in [0.25, 0.3) is 0 Å². The third-order valence-electron chi connectivity index (χ3n) is 3.39. The molecule has 1 N–H and O–H groups in total. The lowest BCUT2D eigenvalue weighted by atomic mass is 10.1.